The van der Waals surface area contributed by atoms with Crippen molar-refractivity contribution in [2.24, 2.45) is 0 Å². The molecule has 0 radical (unpaired) electrons. The Hall–Kier alpha value is -2.08. The Morgan fingerprint density at radius 1 is 1.10 bits per heavy atom. The average Bonchev–Trinajstić information content (AvgIpc) is 3.24. The second-order valence-corrected chi connectivity index (χ2v) is 5.57. The second-order valence-electron chi connectivity index (χ2n) is 5.04. The molecule has 1 saturated carbocycles. The number of nitrogens with zero attached hydrogens (tertiary/aromatic N) is 4. The number of fused-ring (bicyclic) bond motifs is 1. The number of nitrogens with one attached hydrogen (secondary N) is 1. The van der Waals surface area contributed by atoms with E-state index in [9.17, 15) is 0 Å². The average molecular weight is 283 g/mol. The highest BCUT2D eigenvalue weighted by Gasteiger charge is 2.25. The summed E-state index contributed by atoms with van der Waals surface area (Å²) in [6.45, 7) is 0.731. The summed E-state index contributed by atoms with van der Waals surface area (Å²) in [6.07, 6.45) is 4.15. The van der Waals surface area contributed by atoms with E-state index in [4.69, 9.17) is 0 Å². The Balaban J connectivity index is 1.50. The SMILES string of the molecule is c1nc(NCc2ccc3nsnc3c2)cc(C2CC2)n1. The van der Waals surface area contributed by atoms with Crippen molar-refractivity contribution in [3.8, 4) is 0 Å². The molecule has 0 unspecified atom stereocenters. The quantitative estimate of drug-likeness (QED) is 0.797. The van der Waals surface area contributed by atoms with Crippen LogP contribution in [-0.2, 0) is 6.54 Å². The van der Waals surface area contributed by atoms with E-state index in [1.54, 1.807) is 6.33 Å². The lowest BCUT2D eigenvalue weighted by Gasteiger charge is -2.06. The molecule has 0 bridgehead atoms. The van der Waals surface area contributed by atoms with Gasteiger partial charge in [-0.3, -0.25) is 0 Å². The number of rotatable bonds is 4. The summed E-state index contributed by atoms with van der Waals surface area (Å²) in [6, 6.07) is 8.20. The van der Waals surface area contributed by atoms with Crippen LogP contribution in [0.2, 0.25) is 0 Å². The molecule has 2 aromatic heterocycles. The normalized spacial score (nSPS) is 14.6. The van der Waals surface area contributed by atoms with E-state index >= 15 is 0 Å². The topological polar surface area (TPSA) is 63.6 Å². The molecule has 1 N–H and O–H groups in total. The van der Waals surface area contributed by atoms with E-state index in [1.807, 2.05) is 6.07 Å². The smallest absolute Gasteiger partial charge is 0.129 e. The Kier molecular flexibility index (Phi) is 2.81. The maximum absolute atomic E-state index is 4.32. The van der Waals surface area contributed by atoms with Gasteiger partial charge in [0.05, 0.1) is 11.7 Å². The van der Waals surface area contributed by atoms with Crippen LogP contribution < -0.4 is 5.32 Å². The minimum atomic E-state index is 0.649. The van der Waals surface area contributed by atoms with Gasteiger partial charge in [0.1, 0.15) is 23.2 Å². The van der Waals surface area contributed by atoms with Crippen molar-refractivity contribution < 1.29 is 0 Å². The van der Waals surface area contributed by atoms with Crippen molar-refractivity contribution in [2.45, 2.75) is 25.3 Å². The highest BCUT2D eigenvalue weighted by Crippen LogP contribution is 2.39. The lowest BCUT2D eigenvalue weighted by molar-refractivity contribution is 0.977. The van der Waals surface area contributed by atoms with E-state index in [1.165, 1.54) is 30.1 Å². The molecular weight excluding hydrogens is 270 g/mol. The first-order chi connectivity index (χ1) is 9.88. The minimum absolute atomic E-state index is 0.649. The Labute approximate surface area is 120 Å². The van der Waals surface area contributed by atoms with Gasteiger partial charge in [0.2, 0.25) is 0 Å². The first-order valence-corrected chi connectivity index (χ1v) is 7.38. The molecule has 0 amide bonds. The lowest BCUT2D eigenvalue weighted by Crippen LogP contribution is -2.02. The van der Waals surface area contributed by atoms with Gasteiger partial charge in [0.15, 0.2) is 0 Å². The molecule has 1 aromatic carbocycles. The number of aromatic nitrogens is 4. The van der Waals surface area contributed by atoms with Crippen molar-refractivity contribution in [1.82, 2.24) is 18.7 Å². The summed E-state index contributed by atoms with van der Waals surface area (Å²) in [7, 11) is 0. The van der Waals surface area contributed by atoms with Crippen LogP contribution in [0, 0.1) is 0 Å². The van der Waals surface area contributed by atoms with E-state index in [2.05, 4.69) is 42.2 Å². The largest absolute Gasteiger partial charge is 0.366 e. The van der Waals surface area contributed by atoms with Crippen molar-refractivity contribution >= 4 is 28.6 Å². The molecule has 1 fully saturated rings. The molecule has 20 heavy (non-hydrogen) atoms. The highest BCUT2D eigenvalue weighted by molar-refractivity contribution is 7.00. The molecule has 0 spiro atoms. The number of anilines is 1. The van der Waals surface area contributed by atoms with Crippen molar-refractivity contribution in [3.63, 3.8) is 0 Å². The summed E-state index contributed by atoms with van der Waals surface area (Å²) >= 11 is 1.25. The molecule has 2 heterocycles. The summed E-state index contributed by atoms with van der Waals surface area (Å²) in [4.78, 5) is 8.59. The predicted molar refractivity (Wildman–Crippen MR) is 78.7 cm³/mol. The zero-order chi connectivity index (χ0) is 13.4. The third-order valence-corrected chi connectivity index (χ3v) is 4.03. The molecule has 1 aliphatic carbocycles. The molecule has 0 aliphatic heterocycles. The Bertz CT molecular complexity index is 750. The maximum atomic E-state index is 4.32. The van der Waals surface area contributed by atoms with Gasteiger partial charge in [-0.05, 0) is 30.5 Å². The van der Waals surface area contributed by atoms with Gasteiger partial charge in [-0.2, -0.15) is 8.75 Å². The maximum Gasteiger partial charge on any atom is 0.129 e. The standard InChI is InChI=1S/C14H13N5S/c1-4-11-13(19-20-18-11)5-9(1)7-15-14-6-12(10-2-3-10)16-8-17-14/h1,4-6,8,10H,2-3,7H2,(H,15,16,17). The van der Waals surface area contributed by atoms with Gasteiger partial charge < -0.3 is 5.32 Å². The lowest BCUT2D eigenvalue weighted by atomic mass is 10.2. The number of hydrogen-bond donors (Lipinski definition) is 1. The van der Waals surface area contributed by atoms with Crippen molar-refractivity contribution in [2.75, 3.05) is 5.32 Å². The molecule has 0 saturated heterocycles. The fourth-order valence-electron chi connectivity index (χ4n) is 2.20. The summed E-state index contributed by atoms with van der Waals surface area (Å²) < 4.78 is 8.46. The van der Waals surface area contributed by atoms with Crippen LogP contribution in [0.3, 0.4) is 0 Å². The number of benzene rings is 1. The predicted octanol–water partition coefficient (Wildman–Crippen LogP) is 2.97. The van der Waals surface area contributed by atoms with E-state index in [-0.39, 0.29) is 0 Å². The first kappa shape index (κ1) is 11.7. The van der Waals surface area contributed by atoms with Crippen molar-refractivity contribution in [3.05, 3.63) is 41.9 Å². The second kappa shape index (κ2) is 4.79. The molecule has 0 atom stereocenters. The van der Waals surface area contributed by atoms with Crippen LogP contribution >= 0.6 is 11.7 Å². The van der Waals surface area contributed by atoms with Gasteiger partial charge in [-0.1, -0.05) is 6.07 Å². The van der Waals surface area contributed by atoms with Crippen LogP contribution in [0.1, 0.15) is 30.0 Å². The van der Waals surface area contributed by atoms with E-state index < -0.39 is 0 Å². The van der Waals surface area contributed by atoms with Crippen molar-refractivity contribution in [1.29, 1.82) is 0 Å². The summed E-state index contributed by atoms with van der Waals surface area (Å²) in [5, 5.41) is 3.34. The van der Waals surface area contributed by atoms with Crippen LogP contribution in [0.25, 0.3) is 11.0 Å². The molecule has 1 aliphatic rings. The Morgan fingerprint density at radius 2 is 2.00 bits per heavy atom. The number of hydrogen-bond acceptors (Lipinski definition) is 6. The summed E-state index contributed by atoms with van der Waals surface area (Å²) in [5.41, 5.74) is 4.24. The van der Waals surface area contributed by atoms with Gasteiger partial charge in [-0.15, -0.1) is 0 Å². The molecule has 5 nitrogen and oxygen atoms in total. The fraction of sp³-hybridized carbons (Fsp3) is 0.286. The fourth-order valence-corrected chi connectivity index (χ4v) is 2.72. The summed E-state index contributed by atoms with van der Waals surface area (Å²) in [5.74, 6) is 1.54. The molecule has 4 rings (SSSR count). The monoisotopic (exact) mass is 283 g/mol. The van der Waals surface area contributed by atoms with E-state index in [0.717, 1.165) is 29.1 Å². The zero-order valence-electron chi connectivity index (χ0n) is 10.8. The van der Waals surface area contributed by atoms with Crippen LogP contribution in [-0.4, -0.2) is 18.7 Å². The van der Waals surface area contributed by atoms with Crippen LogP contribution in [0.5, 0.6) is 0 Å². The van der Waals surface area contributed by atoms with Crippen LogP contribution in [0.15, 0.2) is 30.6 Å². The third-order valence-electron chi connectivity index (χ3n) is 3.48. The van der Waals surface area contributed by atoms with Gasteiger partial charge in [0, 0.05) is 24.2 Å². The van der Waals surface area contributed by atoms with Gasteiger partial charge in [0.25, 0.3) is 0 Å². The van der Waals surface area contributed by atoms with E-state index in [0.29, 0.717) is 5.92 Å². The molecule has 100 valence electrons. The minimum Gasteiger partial charge on any atom is -0.366 e. The Morgan fingerprint density at radius 3 is 2.90 bits per heavy atom. The molecule has 3 aromatic rings. The molecule has 6 heteroatoms. The van der Waals surface area contributed by atoms with Gasteiger partial charge >= 0.3 is 0 Å². The van der Waals surface area contributed by atoms with Crippen LogP contribution in [0.4, 0.5) is 5.82 Å². The zero-order valence-corrected chi connectivity index (χ0v) is 11.6. The van der Waals surface area contributed by atoms with Gasteiger partial charge in [-0.25, -0.2) is 9.97 Å². The highest BCUT2D eigenvalue weighted by atomic mass is 32.1. The third kappa shape index (κ3) is 2.34. The molecular formula is C14H13N5S. The first-order valence-electron chi connectivity index (χ1n) is 6.65.